The zero-order valence-corrected chi connectivity index (χ0v) is 11.3. The van der Waals surface area contributed by atoms with E-state index in [2.05, 4.69) is 30.1 Å². The highest BCUT2D eigenvalue weighted by molar-refractivity contribution is 7.10. The van der Waals surface area contributed by atoms with E-state index >= 15 is 0 Å². The molecule has 1 aromatic heterocycles. The molecule has 0 amide bonds. The van der Waals surface area contributed by atoms with Crippen LogP contribution < -0.4 is 10.1 Å². The molecule has 0 aromatic carbocycles. The van der Waals surface area contributed by atoms with Gasteiger partial charge in [0.15, 0.2) is 0 Å². The average molecular weight is 242 g/mol. The minimum absolute atomic E-state index is 0.940. The van der Waals surface area contributed by atoms with E-state index in [1.165, 1.54) is 4.88 Å². The molecule has 3 nitrogen and oxygen atoms in total. The summed E-state index contributed by atoms with van der Waals surface area (Å²) in [5.41, 5.74) is 0. The van der Waals surface area contributed by atoms with Crippen molar-refractivity contribution >= 4 is 11.3 Å². The predicted molar refractivity (Wildman–Crippen MR) is 70.4 cm³/mol. The van der Waals surface area contributed by atoms with Crippen molar-refractivity contribution in [2.75, 3.05) is 33.3 Å². The van der Waals surface area contributed by atoms with Crippen molar-refractivity contribution < 1.29 is 4.74 Å². The molecule has 1 rings (SSSR count). The van der Waals surface area contributed by atoms with E-state index in [4.69, 9.17) is 4.74 Å². The van der Waals surface area contributed by atoms with E-state index in [-0.39, 0.29) is 0 Å². The lowest BCUT2D eigenvalue weighted by atomic mass is 10.4. The van der Waals surface area contributed by atoms with Gasteiger partial charge in [-0.2, -0.15) is 0 Å². The Labute approximate surface area is 102 Å². The van der Waals surface area contributed by atoms with Crippen LogP contribution in [0.4, 0.5) is 0 Å². The van der Waals surface area contributed by atoms with Crippen molar-refractivity contribution in [3.8, 4) is 5.75 Å². The normalized spacial score (nSPS) is 11.0. The summed E-state index contributed by atoms with van der Waals surface area (Å²) in [6.07, 6.45) is 0. The number of nitrogens with zero attached hydrogens (tertiary/aromatic N) is 1. The summed E-state index contributed by atoms with van der Waals surface area (Å²) in [7, 11) is 1.71. The summed E-state index contributed by atoms with van der Waals surface area (Å²) < 4.78 is 5.15. The molecular formula is C12H22N2OS. The second-order valence-corrected chi connectivity index (χ2v) is 4.65. The van der Waals surface area contributed by atoms with Crippen molar-refractivity contribution in [2.45, 2.75) is 20.4 Å². The van der Waals surface area contributed by atoms with Crippen LogP contribution in [0.15, 0.2) is 11.4 Å². The SMILES string of the molecule is CCN(CC)CCNCc1cc(OC)cs1. The molecule has 0 bridgehead atoms. The Kier molecular flexibility index (Phi) is 6.45. The zero-order chi connectivity index (χ0) is 11.8. The minimum Gasteiger partial charge on any atom is -0.496 e. The van der Waals surface area contributed by atoms with Crippen LogP contribution >= 0.6 is 11.3 Å². The topological polar surface area (TPSA) is 24.5 Å². The zero-order valence-electron chi connectivity index (χ0n) is 10.5. The fraction of sp³-hybridized carbons (Fsp3) is 0.667. The van der Waals surface area contributed by atoms with E-state index in [1.807, 2.05) is 5.38 Å². The first kappa shape index (κ1) is 13.5. The number of hydrogen-bond acceptors (Lipinski definition) is 4. The summed E-state index contributed by atoms with van der Waals surface area (Å²) in [5.74, 6) is 0.963. The van der Waals surface area contributed by atoms with Crippen LogP contribution in [0.2, 0.25) is 0 Å². The molecule has 1 N–H and O–H groups in total. The number of thiophene rings is 1. The molecule has 0 aliphatic rings. The molecule has 0 spiro atoms. The summed E-state index contributed by atoms with van der Waals surface area (Å²) in [6, 6.07) is 2.09. The lowest BCUT2D eigenvalue weighted by Gasteiger charge is -2.17. The highest BCUT2D eigenvalue weighted by Crippen LogP contribution is 2.20. The van der Waals surface area contributed by atoms with Gasteiger partial charge in [0.2, 0.25) is 0 Å². The Balaban J connectivity index is 2.15. The van der Waals surface area contributed by atoms with Crippen LogP contribution in [-0.4, -0.2) is 38.2 Å². The molecule has 0 saturated carbocycles. The summed E-state index contributed by atoms with van der Waals surface area (Å²) in [5, 5.41) is 5.49. The van der Waals surface area contributed by atoms with Gasteiger partial charge >= 0.3 is 0 Å². The van der Waals surface area contributed by atoms with Crippen LogP contribution in [-0.2, 0) is 6.54 Å². The third-order valence-corrected chi connectivity index (χ3v) is 3.58. The molecule has 0 aliphatic heterocycles. The van der Waals surface area contributed by atoms with Gasteiger partial charge < -0.3 is 15.0 Å². The maximum Gasteiger partial charge on any atom is 0.129 e. The maximum absolute atomic E-state index is 5.15. The predicted octanol–water partition coefficient (Wildman–Crippen LogP) is 2.19. The first-order chi connectivity index (χ1) is 7.80. The van der Waals surface area contributed by atoms with Crippen LogP contribution in [0.5, 0.6) is 5.75 Å². The molecule has 4 heteroatoms. The van der Waals surface area contributed by atoms with Crippen molar-refractivity contribution in [3.05, 3.63) is 16.3 Å². The molecule has 0 aliphatic carbocycles. The highest BCUT2D eigenvalue weighted by atomic mass is 32.1. The molecule has 0 atom stereocenters. The van der Waals surface area contributed by atoms with Gasteiger partial charge in [-0.15, -0.1) is 11.3 Å². The number of hydrogen-bond donors (Lipinski definition) is 1. The lowest BCUT2D eigenvalue weighted by Crippen LogP contribution is -2.31. The van der Waals surface area contributed by atoms with Gasteiger partial charge in [-0.25, -0.2) is 0 Å². The fourth-order valence-electron chi connectivity index (χ4n) is 1.55. The smallest absolute Gasteiger partial charge is 0.129 e. The van der Waals surface area contributed by atoms with E-state index in [0.29, 0.717) is 0 Å². The van der Waals surface area contributed by atoms with Gasteiger partial charge in [0.1, 0.15) is 5.75 Å². The Morgan fingerprint density at radius 3 is 2.69 bits per heavy atom. The third kappa shape index (κ3) is 4.51. The Morgan fingerprint density at radius 1 is 1.38 bits per heavy atom. The first-order valence-electron chi connectivity index (χ1n) is 5.84. The number of ether oxygens (including phenoxy) is 1. The number of likely N-dealkylation sites (N-methyl/N-ethyl adjacent to an activating group) is 1. The second-order valence-electron chi connectivity index (χ2n) is 3.66. The van der Waals surface area contributed by atoms with E-state index in [9.17, 15) is 0 Å². The molecule has 92 valence electrons. The summed E-state index contributed by atoms with van der Waals surface area (Å²) in [6.45, 7) is 9.77. The van der Waals surface area contributed by atoms with Gasteiger partial charge in [0, 0.05) is 29.9 Å². The van der Waals surface area contributed by atoms with Crippen LogP contribution in [0.3, 0.4) is 0 Å². The average Bonchev–Trinajstić information content (AvgIpc) is 2.77. The van der Waals surface area contributed by atoms with E-state index < -0.39 is 0 Å². The lowest BCUT2D eigenvalue weighted by molar-refractivity contribution is 0.302. The fourth-order valence-corrected chi connectivity index (χ4v) is 2.35. The summed E-state index contributed by atoms with van der Waals surface area (Å²) >= 11 is 1.74. The molecule has 16 heavy (non-hydrogen) atoms. The quantitative estimate of drug-likeness (QED) is 0.707. The first-order valence-corrected chi connectivity index (χ1v) is 6.72. The van der Waals surface area contributed by atoms with Crippen LogP contribution in [0.25, 0.3) is 0 Å². The molecule has 1 heterocycles. The van der Waals surface area contributed by atoms with E-state index in [0.717, 1.165) is 38.5 Å². The molecule has 0 radical (unpaired) electrons. The third-order valence-electron chi connectivity index (χ3n) is 2.66. The number of rotatable bonds is 8. The number of methoxy groups -OCH3 is 1. The van der Waals surface area contributed by atoms with E-state index in [1.54, 1.807) is 18.4 Å². The van der Waals surface area contributed by atoms with Gasteiger partial charge in [0.25, 0.3) is 0 Å². The Hall–Kier alpha value is -0.580. The van der Waals surface area contributed by atoms with Crippen molar-refractivity contribution in [1.29, 1.82) is 0 Å². The monoisotopic (exact) mass is 242 g/mol. The minimum atomic E-state index is 0.940. The van der Waals surface area contributed by atoms with Crippen LogP contribution in [0.1, 0.15) is 18.7 Å². The van der Waals surface area contributed by atoms with Crippen molar-refractivity contribution in [3.63, 3.8) is 0 Å². The highest BCUT2D eigenvalue weighted by Gasteiger charge is 2.00. The van der Waals surface area contributed by atoms with Gasteiger partial charge in [-0.3, -0.25) is 0 Å². The molecule has 1 aromatic rings. The maximum atomic E-state index is 5.15. The van der Waals surface area contributed by atoms with Gasteiger partial charge in [-0.05, 0) is 19.2 Å². The second kappa shape index (κ2) is 7.65. The largest absolute Gasteiger partial charge is 0.496 e. The standard InChI is InChI=1S/C12H22N2OS/c1-4-14(5-2)7-6-13-9-12-8-11(15-3)10-16-12/h8,10,13H,4-7,9H2,1-3H3. The van der Waals surface area contributed by atoms with Crippen LogP contribution in [0, 0.1) is 0 Å². The molecule has 0 unspecified atom stereocenters. The molecule has 0 fully saturated rings. The summed E-state index contributed by atoms with van der Waals surface area (Å²) in [4.78, 5) is 3.75. The number of nitrogens with one attached hydrogen (secondary N) is 1. The Morgan fingerprint density at radius 2 is 2.12 bits per heavy atom. The molecule has 0 saturated heterocycles. The van der Waals surface area contributed by atoms with Crippen molar-refractivity contribution in [1.82, 2.24) is 10.2 Å². The van der Waals surface area contributed by atoms with Gasteiger partial charge in [0.05, 0.1) is 7.11 Å². The van der Waals surface area contributed by atoms with Crippen molar-refractivity contribution in [2.24, 2.45) is 0 Å². The Bertz CT molecular complexity index is 284. The molecular weight excluding hydrogens is 220 g/mol. The van der Waals surface area contributed by atoms with Gasteiger partial charge in [-0.1, -0.05) is 13.8 Å².